The van der Waals surface area contributed by atoms with E-state index in [0.717, 1.165) is 30.3 Å². The number of nitrogens with one attached hydrogen (secondary N) is 1. The lowest BCUT2D eigenvalue weighted by atomic mass is 10.3. The molecule has 0 aliphatic carbocycles. The van der Waals surface area contributed by atoms with Crippen molar-refractivity contribution in [1.82, 2.24) is 0 Å². The molecule has 25 heavy (non-hydrogen) atoms. The van der Waals surface area contributed by atoms with Gasteiger partial charge in [-0.15, -0.1) is 13.2 Å². The molecule has 0 unspecified atom stereocenters. The third-order valence-electron chi connectivity index (χ3n) is 2.70. The van der Waals surface area contributed by atoms with Crippen LogP contribution in [0.4, 0.5) is 27.6 Å². The first kappa shape index (κ1) is 18.8. The standard InChI is InChI=1S/C14H10F5NO4S/c15-13(16)23-12-7-2-1-6-11(12)20-25(21,22)10-5-3-4-9(8-10)24-14(17,18)19/h1-8,13,20H. The van der Waals surface area contributed by atoms with Crippen LogP contribution in [0, 0.1) is 0 Å². The summed E-state index contributed by atoms with van der Waals surface area (Å²) in [7, 11) is -4.37. The van der Waals surface area contributed by atoms with Gasteiger partial charge in [0, 0.05) is 6.07 Å². The largest absolute Gasteiger partial charge is 0.573 e. The first-order valence-corrected chi connectivity index (χ1v) is 7.97. The van der Waals surface area contributed by atoms with Gasteiger partial charge in [-0.3, -0.25) is 4.72 Å². The van der Waals surface area contributed by atoms with Crippen LogP contribution in [0.25, 0.3) is 0 Å². The first-order valence-electron chi connectivity index (χ1n) is 6.49. The molecule has 0 spiro atoms. The van der Waals surface area contributed by atoms with Crippen molar-refractivity contribution in [2.45, 2.75) is 17.9 Å². The molecule has 2 rings (SSSR count). The monoisotopic (exact) mass is 383 g/mol. The third-order valence-corrected chi connectivity index (χ3v) is 4.06. The highest BCUT2D eigenvalue weighted by Gasteiger charge is 2.31. The van der Waals surface area contributed by atoms with Gasteiger partial charge in [0.1, 0.15) is 11.5 Å². The smallest absolute Gasteiger partial charge is 0.433 e. The molecule has 0 aliphatic heterocycles. The van der Waals surface area contributed by atoms with Crippen LogP contribution in [0.15, 0.2) is 53.4 Å². The maximum absolute atomic E-state index is 12.3. The summed E-state index contributed by atoms with van der Waals surface area (Å²) < 4.78 is 95.7. The molecule has 2 aromatic carbocycles. The number of alkyl halides is 5. The fourth-order valence-corrected chi connectivity index (χ4v) is 2.90. The minimum Gasteiger partial charge on any atom is -0.433 e. The molecule has 0 atom stereocenters. The van der Waals surface area contributed by atoms with Crippen LogP contribution in [0.1, 0.15) is 0 Å². The molecular weight excluding hydrogens is 373 g/mol. The van der Waals surface area contributed by atoms with E-state index in [2.05, 4.69) is 9.47 Å². The topological polar surface area (TPSA) is 64.6 Å². The van der Waals surface area contributed by atoms with Crippen molar-refractivity contribution in [1.29, 1.82) is 0 Å². The Hall–Kier alpha value is -2.56. The normalized spacial score (nSPS) is 12.1. The number of rotatable bonds is 6. The Morgan fingerprint density at radius 2 is 1.68 bits per heavy atom. The van der Waals surface area contributed by atoms with Crippen LogP contribution < -0.4 is 14.2 Å². The number of anilines is 1. The zero-order valence-electron chi connectivity index (χ0n) is 12.1. The zero-order valence-corrected chi connectivity index (χ0v) is 12.9. The molecule has 0 aliphatic rings. The Bertz CT molecular complexity index is 839. The Labute approximate surface area is 139 Å². The first-order chi connectivity index (χ1) is 11.6. The number of halogens is 5. The van der Waals surface area contributed by atoms with E-state index < -0.39 is 39.4 Å². The average Bonchev–Trinajstić information content (AvgIpc) is 2.47. The summed E-state index contributed by atoms with van der Waals surface area (Å²) in [6, 6.07) is 8.58. The average molecular weight is 383 g/mol. The molecule has 1 N–H and O–H groups in total. The third kappa shape index (κ3) is 5.48. The second-order valence-corrected chi connectivity index (χ2v) is 6.19. The molecule has 0 fully saturated rings. The molecule has 5 nitrogen and oxygen atoms in total. The maximum atomic E-state index is 12.3. The van der Waals surface area contributed by atoms with Crippen LogP contribution in [0.2, 0.25) is 0 Å². The number of ether oxygens (including phenoxy) is 2. The summed E-state index contributed by atoms with van der Waals surface area (Å²) in [6.07, 6.45) is -4.99. The van der Waals surface area contributed by atoms with Crippen LogP contribution in [0.3, 0.4) is 0 Å². The van der Waals surface area contributed by atoms with Gasteiger partial charge in [0.15, 0.2) is 0 Å². The van der Waals surface area contributed by atoms with Gasteiger partial charge in [0.05, 0.1) is 10.6 Å². The number of benzene rings is 2. The molecule has 0 radical (unpaired) electrons. The van der Waals surface area contributed by atoms with Crippen molar-refractivity contribution < 1.29 is 39.8 Å². The van der Waals surface area contributed by atoms with E-state index in [-0.39, 0.29) is 5.69 Å². The lowest BCUT2D eigenvalue weighted by Crippen LogP contribution is -2.18. The highest BCUT2D eigenvalue weighted by atomic mass is 32.2. The molecular formula is C14H10F5NO4S. The number of para-hydroxylation sites is 2. The van der Waals surface area contributed by atoms with Gasteiger partial charge in [-0.25, -0.2) is 8.42 Å². The Kier molecular flexibility index (Phi) is 5.36. The van der Waals surface area contributed by atoms with Crippen LogP contribution >= 0.6 is 0 Å². The van der Waals surface area contributed by atoms with Crippen molar-refractivity contribution in [3.8, 4) is 11.5 Å². The summed E-state index contributed by atoms with van der Waals surface area (Å²) in [4.78, 5) is -0.555. The van der Waals surface area contributed by atoms with Crippen molar-refractivity contribution in [3.05, 3.63) is 48.5 Å². The molecule has 0 amide bonds. The van der Waals surface area contributed by atoms with E-state index in [0.29, 0.717) is 6.07 Å². The van der Waals surface area contributed by atoms with Crippen molar-refractivity contribution in [3.63, 3.8) is 0 Å². The van der Waals surface area contributed by atoms with Crippen molar-refractivity contribution in [2.24, 2.45) is 0 Å². The molecule has 0 saturated carbocycles. The van der Waals surface area contributed by atoms with E-state index in [1.807, 2.05) is 4.72 Å². The van der Waals surface area contributed by atoms with Crippen LogP contribution in [-0.2, 0) is 10.0 Å². The molecule has 2 aromatic rings. The molecule has 0 saturated heterocycles. The van der Waals surface area contributed by atoms with Gasteiger partial charge in [-0.1, -0.05) is 18.2 Å². The fourth-order valence-electron chi connectivity index (χ4n) is 1.79. The Balaban J connectivity index is 2.30. The van der Waals surface area contributed by atoms with Crippen molar-refractivity contribution >= 4 is 15.7 Å². The number of hydrogen-bond acceptors (Lipinski definition) is 4. The molecule has 11 heteroatoms. The predicted molar refractivity (Wildman–Crippen MR) is 77.0 cm³/mol. The van der Waals surface area contributed by atoms with E-state index in [4.69, 9.17) is 0 Å². The highest BCUT2D eigenvalue weighted by Crippen LogP contribution is 2.29. The van der Waals surface area contributed by atoms with E-state index in [9.17, 15) is 30.4 Å². The lowest BCUT2D eigenvalue weighted by molar-refractivity contribution is -0.274. The van der Waals surface area contributed by atoms with Gasteiger partial charge in [-0.05, 0) is 24.3 Å². The number of sulfonamides is 1. The summed E-state index contributed by atoms with van der Waals surface area (Å²) in [5.41, 5.74) is -0.301. The maximum Gasteiger partial charge on any atom is 0.573 e. The van der Waals surface area contributed by atoms with Gasteiger partial charge in [0.2, 0.25) is 0 Å². The fraction of sp³-hybridized carbons (Fsp3) is 0.143. The van der Waals surface area contributed by atoms with E-state index >= 15 is 0 Å². The van der Waals surface area contributed by atoms with Gasteiger partial charge in [0.25, 0.3) is 10.0 Å². The highest BCUT2D eigenvalue weighted by molar-refractivity contribution is 7.92. The van der Waals surface area contributed by atoms with E-state index in [1.54, 1.807) is 0 Å². The number of hydrogen-bond donors (Lipinski definition) is 1. The lowest BCUT2D eigenvalue weighted by Gasteiger charge is -2.14. The SMILES string of the molecule is O=S(=O)(Nc1ccccc1OC(F)F)c1cccc(OC(F)(F)F)c1. The summed E-state index contributed by atoms with van der Waals surface area (Å²) in [6.45, 7) is -3.19. The summed E-state index contributed by atoms with van der Waals surface area (Å²) >= 11 is 0. The Morgan fingerprint density at radius 1 is 1.00 bits per heavy atom. The van der Waals surface area contributed by atoms with Gasteiger partial charge < -0.3 is 9.47 Å². The van der Waals surface area contributed by atoms with Gasteiger partial charge in [-0.2, -0.15) is 8.78 Å². The molecule has 0 heterocycles. The zero-order chi connectivity index (χ0) is 18.7. The molecule has 136 valence electrons. The summed E-state index contributed by atoms with van der Waals surface area (Å²) in [5, 5.41) is 0. The van der Waals surface area contributed by atoms with Crippen molar-refractivity contribution in [2.75, 3.05) is 4.72 Å². The molecule has 0 aromatic heterocycles. The quantitative estimate of drug-likeness (QED) is 0.767. The molecule has 0 bridgehead atoms. The van der Waals surface area contributed by atoms with Crippen LogP contribution in [-0.4, -0.2) is 21.4 Å². The minimum atomic E-state index is -4.99. The predicted octanol–water partition coefficient (Wildman–Crippen LogP) is 3.99. The second-order valence-electron chi connectivity index (χ2n) is 4.50. The Morgan fingerprint density at radius 3 is 2.32 bits per heavy atom. The van der Waals surface area contributed by atoms with E-state index in [1.165, 1.54) is 12.1 Å². The van der Waals surface area contributed by atoms with Crippen LogP contribution in [0.5, 0.6) is 11.5 Å². The summed E-state index contributed by atoms with van der Waals surface area (Å²) in [5.74, 6) is -1.18. The minimum absolute atomic E-state index is 0.301. The second kappa shape index (κ2) is 7.13. The van der Waals surface area contributed by atoms with Gasteiger partial charge >= 0.3 is 13.0 Å².